The Bertz CT molecular complexity index is 1360. The first kappa shape index (κ1) is 41.1. The number of benzene rings is 1. The van der Waals surface area contributed by atoms with Crippen LogP contribution in [0.1, 0.15) is 100.0 Å². The number of allylic oxidation sites excluding steroid dienone is 2. The summed E-state index contributed by atoms with van der Waals surface area (Å²) in [5.74, 6) is -0.0379. The monoisotopic (exact) mass is 730 g/mol. The van der Waals surface area contributed by atoms with Crippen molar-refractivity contribution in [2.24, 2.45) is 17.8 Å². The molecule has 0 spiro atoms. The molecule has 0 amide bonds. The van der Waals surface area contributed by atoms with Crippen molar-refractivity contribution in [2.75, 3.05) is 6.61 Å². The number of fused-ring (bicyclic) bond motifs is 1. The second kappa shape index (κ2) is 15.8. The van der Waals surface area contributed by atoms with E-state index in [1.54, 1.807) is 26.0 Å². The van der Waals surface area contributed by atoms with Gasteiger partial charge < -0.3 is 23.1 Å². The van der Waals surface area contributed by atoms with Gasteiger partial charge in [-0.3, -0.25) is 0 Å². The second-order valence-corrected chi connectivity index (χ2v) is 28.2. The second-order valence-electron chi connectivity index (χ2n) is 18.7. The van der Waals surface area contributed by atoms with E-state index in [2.05, 4.69) is 92.9 Å². The lowest BCUT2D eigenvalue weighted by molar-refractivity contribution is -0.180. The molecule has 0 bridgehead atoms. The number of esters is 1. The Kier molecular flexibility index (Phi) is 13.0. The van der Waals surface area contributed by atoms with Gasteiger partial charge in [0.15, 0.2) is 22.2 Å². The van der Waals surface area contributed by atoms with E-state index in [1.807, 2.05) is 0 Å². The number of carbonyl (C=O) groups is 1. The number of hydrogen-bond acceptors (Lipinski definition) is 6. The SMILES string of the molecule is C[C@H]1C=CC2=C[C@@H](O[Si](C)(C)C(C)(C)C)C[C@H](OC(=O)C(C)(C)OCc3ccc(F)cc3)[C@@H]2[C@H]1CC[C@@H]1C[C@H](O[Si](C)(C)C(C)(C)C)CCO1. The fraction of sp³-hybridized carbons (Fsp3) is 0.732. The van der Waals surface area contributed by atoms with Gasteiger partial charge in [0.25, 0.3) is 0 Å². The van der Waals surface area contributed by atoms with Crippen LogP contribution in [0.5, 0.6) is 0 Å². The van der Waals surface area contributed by atoms with E-state index < -0.39 is 22.2 Å². The van der Waals surface area contributed by atoms with Crippen LogP contribution >= 0.6 is 0 Å². The lowest BCUT2D eigenvalue weighted by Gasteiger charge is -2.46. The fourth-order valence-electron chi connectivity index (χ4n) is 6.92. The van der Waals surface area contributed by atoms with Gasteiger partial charge in [0, 0.05) is 25.0 Å². The normalized spacial score (nSPS) is 28.2. The maximum absolute atomic E-state index is 13.9. The molecule has 7 atom stereocenters. The van der Waals surface area contributed by atoms with Crippen molar-refractivity contribution < 1.29 is 32.2 Å². The van der Waals surface area contributed by atoms with Crippen LogP contribution in [0.2, 0.25) is 36.3 Å². The lowest BCUT2D eigenvalue weighted by atomic mass is 9.66. The van der Waals surface area contributed by atoms with E-state index in [9.17, 15) is 9.18 Å². The lowest BCUT2D eigenvalue weighted by Crippen LogP contribution is -2.49. The first-order valence-corrected chi connectivity index (χ1v) is 24.8. The van der Waals surface area contributed by atoms with E-state index in [1.165, 1.54) is 17.7 Å². The molecule has 1 fully saturated rings. The zero-order chi connectivity index (χ0) is 37.3. The van der Waals surface area contributed by atoms with Gasteiger partial charge in [-0.15, -0.1) is 0 Å². The summed E-state index contributed by atoms with van der Waals surface area (Å²) in [5, 5.41) is 0.226. The minimum Gasteiger partial charge on any atom is -0.459 e. The highest BCUT2D eigenvalue weighted by Gasteiger charge is 2.47. The molecule has 1 aromatic rings. The van der Waals surface area contributed by atoms with Crippen LogP contribution in [0.3, 0.4) is 0 Å². The number of halogens is 1. The van der Waals surface area contributed by atoms with E-state index in [-0.39, 0.29) is 64.7 Å². The molecule has 282 valence electrons. The molecule has 3 aliphatic rings. The van der Waals surface area contributed by atoms with Crippen molar-refractivity contribution in [3.05, 3.63) is 59.4 Å². The Labute approximate surface area is 305 Å². The molecule has 2 aliphatic carbocycles. The van der Waals surface area contributed by atoms with Crippen LogP contribution in [0.4, 0.5) is 4.39 Å². The molecule has 0 aromatic heterocycles. The van der Waals surface area contributed by atoms with Gasteiger partial charge >= 0.3 is 5.97 Å². The third kappa shape index (κ3) is 10.3. The molecule has 9 heteroatoms. The third-order valence-electron chi connectivity index (χ3n) is 12.3. The maximum Gasteiger partial charge on any atom is 0.338 e. The topological polar surface area (TPSA) is 63.2 Å². The van der Waals surface area contributed by atoms with Gasteiger partial charge in [-0.25, -0.2) is 9.18 Å². The Morgan fingerprint density at radius 1 is 0.900 bits per heavy atom. The molecule has 0 radical (unpaired) electrons. The molecular weight excluding hydrogens is 664 g/mol. The molecule has 0 unspecified atom stereocenters. The molecule has 0 N–H and O–H groups in total. The Morgan fingerprint density at radius 2 is 1.52 bits per heavy atom. The average Bonchev–Trinajstić information content (AvgIpc) is 2.99. The minimum absolute atomic E-state index is 0.0500. The standard InChI is InChI=1S/C41H67FO6Si2/c1-28-14-17-30-24-34(48-50(12,13)40(5,6)7)26-36(46-38(43)41(8,9)45-27-29-15-18-31(42)19-16-29)37(30)35(28)21-20-32-25-33(22-23-44-32)47-49(10,11)39(2,3)4/h14-19,24,28,32-37H,20-23,25-27H2,1-13H3/t28-,32+,33+,34+,35-,36-,37-/m0/s1. The van der Waals surface area contributed by atoms with Gasteiger partial charge in [0.05, 0.1) is 18.8 Å². The zero-order valence-corrected chi connectivity index (χ0v) is 35.4. The van der Waals surface area contributed by atoms with Crippen molar-refractivity contribution in [3.63, 3.8) is 0 Å². The average molecular weight is 731 g/mol. The van der Waals surface area contributed by atoms with Crippen molar-refractivity contribution in [2.45, 2.75) is 167 Å². The van der Waals surface area contributed by atoms with E-state index in [0.29, 0.717) is 12.3 Å². The number of carbonyl (C=O) groups excluding carboxylic acids is 1. The molecule has 1 aliphatic heterocycles. The summed E-state index contributed by atoms with van der Waals surface area (Å²) < 4.78 is 46.2. The highest BCUT2D eigenvalue weighted by molar-refractivity contribution is 6.74. The number of hydrogen-bond donors (Lipinski definition) is 0. The summed E-state index contributed by atoms with van der Waals surface area (Å²) in [6.07, 6.45) is 11.2. The first-order valence-electron chi connectivity index (χ1n) is 19.0. The predicted octanol–water partition coefficient (Wildman–Crippen LogP) is 10.5. The molecule has 1 saturated heterocycles. The number of rotatable bonds is 12. The van der Waals surface area contributed by atoms with Crippen molar-refractivity contribution in [1.82, 2.24) is 0 Å². The Morgan fingerprint density at radius 3 is 2.14 bits per heavy atom. The van der Waals surface area contributed by atoms with Gasteiger partial charge in [0.2, 0.25) is 0 Å². The molecule has 1 aromatic carbocycles. The van der Waals surface area contributed by atoms with Gasteiger partial charge in [-0.05, 0) is 111 Å². The van der Waals surface area contributed by atoms with Crippen LogP contribution < -0.4 is 0 Å². The van der Waals surface area contributed by atoms with Crippen LogP contribution in [-0.2, 0) is 34.5 Å². The van der Waals surface area contributed by atoms with Crippen molar-refractivity contribution in [3.8, 4) is 0 Å². The quantitative estimate of drug-likeness (QED) is 0.158. The van der Waals surface area contributed by atoms with Gasteiger partial charge in [0.1, 0.15) is 11.9 Å². The summed E-state index contributed by atoms with van der Waals surface area (Å²) in [6, 6.07) is 6.16. The minimum atomic E-state index is -2.10. The molecule has 6 nitrogen and oxygen atoms in total. The van der Waals surface area contributed by atoms with E-state index in [0.717, 1.165) is 37.9 Å². The first-order chi connectivity index (χ1) is 23.0. The predicted molar refractivity (Wildman–Crippen MR) is 205 cm³/mol. The van der Waals surface area contributed by atoms with Crippen molar-refractivity contribution in [1.29, 1.82) is 0 Å². The largest absolute Gasteiger partial charge is 0.459 e. The highest BCUT2D eigenvalue weighted by atomic mass is 28.4. The fourth-order valence-corrected chi connectivity index (χ4v) is 9.59. The summed E-state index contributed by atoms with van der Waals surface area (Å²) in [4.78, 5) is 13.9. The van der Waals surface area contributed by atoms with E-state index in [4.69, 9.17) is 23.1 Å². The number of ether oxygens (including phenoxy) is 3. The summed E-state index contributed by atoms with van der Waals surface area (Å²) in [6.45, 7) is 29.6. The van der Waals surface area contributed by atoms with Crippen LogP contribution in [0.25, 0.3) is 0 Å². The Hall–Kier alpha value is -1.63. The molecule has 0 saturated carbocycles. The van der Waals surface area contributed by atoms with E-state index >= 15 is 0 Å². The molecular formula is C41H67FO6Si2. The summed E-state index contributed by atoms with van der Waals surface area (Å²) in [7, 11) is -3.97. The molecule has 50 heavy (non-hydrogen) atoms. The van der Waals surface area contributed by atoms with Gasteiger partial charge in [-0.1, -0.05) is 78.8 Å². The van der Waals surface area contributed by atoms with Crippen LogP contribution in [0.15, 0.2) is 48.1 Å². The van der Waals surface area contributed by atoms with Crippen LogP contribution in [0, 0.1) is 23.6 Å². The van der Waals surface area contributed by atoms with Crippen molar-refractivity contribution >= 4 is 22.6 Å². The molecule has 4 rings (SSSR count). The smallest absolute Gasteiger partial charge is 0.338 e. The molecule has 1 heterocycles. The summed E-state index contributed by atoms with van der Waals surface area (Å²) in [5.41, 5.74) is 0.812. The highest BCUT2D eigenvalue weighted by Crippen LogP contribution is 2.47. The van der Waals surface area contributed by atoms with Gasteiger partial charge in [-0.2, -0.15) is 0 Å². The maximum atomic E-state index is 13.9. The zero-order valence-electron chi connectivity index (χ0n) is 33.4. The third-order valence-corrected chi connectivity index (χ3v) is 21.3. The summed E-state index contributed by atoms with van der Waals surface area (Å²) >= 11 is 0. The Balaban J connectivity index is 1.53. The van der Waals surface area contributed by atoms with Crippen LogP contribution in [-0.4, -0.2) is 59.2 Å².